The van der Waals surface area contributed by atoms with E-state index in [0.717, 1.165) is 6.26 Å². The number of sulfonamides is 1. The van der Waals surface area contributed by atoms with Gasteiger partial charge in [0.05, 0.1) is 12.9 Å². The minimum atomic E-state index is -4.26. The van der Waals surface area contributed by atoms with Gasteiger partial charge >= 0.3 is 10.3 Å². The van der Waals surface area contributed by atoms with Crippen molar-refractivity contribution in [3.8, 4) is 0 Å². The van der Waals surface area contributed by atoms with Crippen molar-refractivity contribution in [3.05, 3.63) is 0 Å². The average molecular weight is 350 g/mol. The molecule has 126 valence electrons. The van der Waals surface area contributed by atoms with Gasteiger partial charge in [0.2, 0.25) is 10.0 Å². The van der Waals surface area contributed by atoms with Crippen LogP contribution < -0.4 is 9.86 Å². The summed E-state index contributed by atoms with van der Waals surface area (Å²) in [5.41, 5.74) is 0. The van der Waals surface area contributed by atoms with Gasteiger partial charge in [-0.15, -0.1) is 0 Å². The van der Waals surface area contributed by atoms with Crippen molar-refractivity contribution in [1.82, 2.24) is 4.72 Å². The van der Waals surface area contributed by atoms with E-state index in [2.05, 4.69) is 14.0 Å². The van der Waals surface area contributed by atoms with E-state index in [1.54, 1.807) is 0 Å². The summed E-state index contributed by atoms with van der Waals surface area (Å²) in [5, 5.41) is 24.4. The van der Waals surface area contributed by atoms with E-state index in [-0.39, 0.29) is 0 Å². The minimum absolute atomic E-state index is 0.664. The highest BCUT2D eigenvalue weighted by Gasteiger charge is 2.46. The Bertz CT molecular complexity index is 544. The van der Waals surface area contributed by atoms with Gasteiger partial charge in [0, 0.05) is 7.11 Å². The third kappa shape index (κ3) is 5.72. The van der Waals surface area contributed by atoms with E-state index >= 15 is 0 Å². The van der Waals surface area contributed by atoms with Crippen LogP contribution >= 0.6 is 0 Å². The van der Waals surface area contributed by atoms with E-state index in [9.17, 15) is 27.0 Å². The number of rotatable bonds is 6. The molecule has 5 atom stereocenters. The SMILES string of the molecule is CO[C@H]1O[C@H](COS(N)(=O)=O)[C@@H](O)[C@H](O)[C@H]1NS(C)(=O)=O. The molecule has 1 heterocycles. The fourth-order valence-electron chi connectivity index (χ4n) is 1.81. The number of hydrogen-bond donors (Lipinski definition) is 4. The molecule has 1 rings (SSSR count). The Hall–Kier alpha value is -0.380. The van der Waals surface area contributed by atoms with Crippen LogP contribution in [0.1, 0.15) is 0 Å². The Morgan fingerprint density at radius 1 is 1.24 bits per heavy atom. The monoisotopic (exact) mass is 350 g/mol. The molecule has 1 aliphatic heterocycles. The zero-order chi connectivity index (χ0) is 16.4. The van der Waals surface area contributed by atoms with Crippen LogP contribution in [0.5, 0.6) is 0 Å². The molecule has 0 aromatic carbocycles. The number of hydrogen-bond acceptors (Lipinski definition) is 9. The minimum Gasteiger partial charge on any atom is -0.388 e. The zero-order valence-electron chi connectivity index (χ0n) is 11.2. The van der Waals surface area contributed by atoms with Gasteiger partial charge in [-0.2, -0.15) is 8.42 Å². The highest BCUT2D eigenvalue weighted by molar-refractivity contribution is 7.88. The van der Waals surface area contributed by atoms with Gasteiger partial charge in [-0.3, -0.25) is 4.18 Å². The van der Waals surface area contributed by atoms with E-state index in [4.69, 9.17) is 9.47 Å². The van der Waals surface area contributed by atoms with E-state index in [1.165, 1.54) is 7.11 Å². The first-order valence-electron chi connectivity index (χ1n) is 5.63. The van der Waals surface area contributed by atoms with Crippen LogP contribution in [0.15, 0.2) is 0 Å². The Morgan fingerprint density at radius 2 is 1.81 bits per heavy atom. The van der Waals surface area contributed by atoms with Gasteiger partial charge < -0.3 is 19.7 Å². The van der Waals surface area contributed by atoms with Gasteiger partial charge in [-0.05, 0) is 0 Å². The lowest BCUT2D eigenvalue weighted by Gasteiger charge is -2.41. The van der Waals surface area contributed by atoms with Crippen molar-refractivity contribution in [2.45, 2.75) is 30.6 Å². The first kappa shape index (κ1) is 18.7. The van der Waals surface area contributed by atoms with E-state index in [0.29, 0.717) is 0 Å². The predicted octanol–water partition coefficient (Wildman–Crippen LogP) is -3.78. The molecule has 0 amide bonds. The van der Waals surface area contributed by atoms with Crippen LogP contribution in [0, 0.1) is 0 Å². The topological polar surface area (TPSA) is 174 Å². The summed E-state index contributed by atoms with van der Waals surface area (Å²) in [7, 11) is -6.78. The Morgan fingerprint density at radius 3 is 2.24 bits per heavy atom. The molecule has 0 aliphatic carbocycles. The van der Waals surface area contributed by atoms with Gasteiger partial charge in [0.15, 0.2) is 6.29 Å². The molecule has 0 unspecified atom stereocenters. The standard InChI is InChI=1S/C8H18N2O9S2/c1-17-8-5(10-20(2,13)14)7(12)6(11)4(19-8)3-18-21(9,15)16/h4-8,10-12H,3H2,1-2H3,(H2,9,15,16)/t4-,5-,6-,7-,8+/m1/s1. The van der Waals surface area contributed by atoms with Crippen molar-refractivity contribution in [3.63, 3.8) is 0 Å². The smallest absolute Gasteiger partial charge is 0.333 e. The number of aliphatic hydroxyl groups excluding tert-OH is 2. The molecule has 11 nitrogen and oxygen atoms in total. The lowest BCUT2D eigenvalue weighted by Crippen LogP contribution is -2.64. The third-order valence-electron chi connectivity index (χ3n) is 2.68. The fraction of sp³-hybridized carbons (Fsp3) is 1.00. The van der Waals surface area contributed by atoms with Crippen LogP contribution in [0.2, 0.25) is 0 Å². The van der Waals surface area contributed by atoms with Crippen molar-refractivity contribution in [2.24, 2.45) is 5.14 Å². The molecule has 21 heavy (non-hydrogen) atoms. The van der Waals surface area contributed by atoms with Gasteiger partial charge in [-0.1, -0.05) is 0 Å². The van der Waals surface area contributed by atoms with E-state index < -0.39 is 57.6 Å². The Labute approximate surface area is 122 Å². The van der Waals surface area contributed by atoms with Crippen LogP contribution in [0.3, 0.4) is 0 Å². The number of methoxy groups -OCH3 is 1. The zero-order valence-corrected chi connectivity index (χ0v) is 12.9. The largest absolute Gasteiger partial charge is 0.388 e. The first-order valence-corrected chi connectivity index (χ1v) is 8.99. The number of ether oxygens (including phenoxy) is 2. The molecule has 1 aliphatic rings. The lowest BCUT2D eigenvalue weighted by atomic mass is 9.98. The van der Waals surface area contributed by atoms with Crippen LogP contribution in [-0.4, -0.2) is 77.7 Å². The van der Waals surface area contributed by atoms with Crippen molar-refractivity contribution in [2.75, 3.05) is 20.0 Å². The molecule has 0 bridgehead atoms. The van der Waals surface area contributed by atoms with Crippen LogP contribution in [-0.2, 0) is 34.0 Å². The second kappa shape index (κ2) is 6.80. The maximum Gasteiger partial charge on any atom is 0.333 e. The van der Waals surface area contributed by atoms with Gasteiger partial charge in [0.25, 0.3) is 0 Å². The normalized spacial score (nSPS) is 34.8. The van der Waals surface area contributed by atoms with Crippen molar-refractivity contribution >= 4 is 20.3 Å². The van der Waals surface area contributed by atoms with E-state index in [1.807, 2.05) is 0 Å². The number of nitrogens with one attached hydrogen (secondary N) is 1. The summed E-state index contributed by atoms with van der Waals surface area (Å²) < 4.78 is 60.2. The molecule has 0 saturated carbocycles. The quantitative estimate of drug-likeness (QED) is 0.374. The first-order chi connectivity index (χ1) is 9.44. The van der Waals surface area contributed by atoms with Gasteiger partial charge in [0.1, 0.15) is 24.4 Å². The summed E-state index contributed by atoms with van der Waals surface area (Å²) in [5.74, 6) is 0. The Balaban J connectivity index is 2.84. The molecule has 0 aromatic rings. The third-order valence-corrected chi connectivity index (χ3v) is 3.84. The summed E-state index contributed by atoms with van der Waals surface area (Å²) >= 11 is 0. The Kier molecular flexibility index (Phi) is 6.05. The van der Waals surface area contributed by atoms with Crippen LogP contribution in [0.4, 0.5) is 0 Å². The van der Waals surface area contributed by atoms with Crippen molar-refractivity contribution < 1.29 is 40.7 Å². The van der Waals surface area contributed by atoms with Crippen molar-refractivity contribution in [1.29, 1.82) is 0 Å². The number of nitrogens with two attached hydrogens (primary N) is 1. The summed E-state index contributed by atoms with van der Waals surface area (Å²) in [6.45, 7) is -0.664. The average Bonchev–Trinajstić information content (AvgIpc) is 2.31. The predicted molar refractivity (Wildman–Crippen MR) is 68.5 cm³/mol. The summed E-state index contributed by atoms with van der Waals surface area (Å²) in [4.78, 5) is 0. The second-order valence-electron chi connectivity index (χ2n) is 4.45. The maximum atomic E-state index is 11.2. The molecule has 5 N–H and O–H groups in total. The molecule has 0 spiro atoms. The molecule has 1 saturated heterocycles. The number of aliphatic hydroxyl groups is 2. The fourth-order valence-corrected chi connectivity index (χ4v) is 2.87. The summed E-state index contributed by atoms with van der Waals surface area (Å²) in [6, 6.07) is -1.27. The lowest BCUT2D eigenvalue weighted by molar-refractivity contribution is -0.258. The highest BCUT2D eigenvalue weighted by Crippen LogP contribution is 2.22. The highest BCUT2D eigenvalue weighted by atomic mass is 32.2. The molecule has 0 aromatic heterocycles. The molecule has 13 heteroatoms. The molecule has 1 fully saturated rings. The maximum absolute atomic E-state index is 11.2. The molecular weight excluding hydrogens is 332 g/mol. The second-order valence-corrected chi connectivity index (χ2v) is 7.45. The summed E-state index contributed by atoms with van der Waals surface area (Å²) in [6.07, 6.45) is -4.90. The van der Waals surface area contributed by atoms with Crippen LogP contribution in [0.25, 0.3) is 0 Å². The molecular formula is C8H18N2O9S2. The molecule has 0 radical (unpaired) electrons. The van der Waals surface area contributed by atoms with Gasteiger partial charge in [-0.25, -0.2) is 18.3 Å².